The fourth-order valence-electron chi connectivity index (χ4n) is 2.87. The molecule has 2 aromatic carbocycles. The molecule has 3 aromatic rings. The topological polar surface area (TPSA) is 119 Å². The van der Waals surface area contributed by atoms with Crippen LogP contribution in [0.4, 0.5) is 11.5 Å². The Kier molecular flexibility index (Phi) is 6.53. The molecule has 0 bridgehead atoms. The van der Waals surface area contributed by atoms with Crippen molar-refractivity contribution in [3.05, 3.63) is 82.0 Å². The molecule has 1 heterocycles. The van der Waals surface area contributed by atoms with Crippen molar-refractivity contribution >= 4 is 23.3 Å². The number of anilines is 1. The molecule has 2 amide bonds. The van der Waals surface area contributed by atoms with Crippen LogP contribution in [0, 0.1) is 17.0 Å². The SMILES string of the molecule is Cc1cc(NC(=O)CCNC(=O)Cc2ccccc2)n(-c2ccc([N+](=O)[O-])cc2)n1. The highest BCUT2D eigenvalue weighted by Gasteiger charge is 2.13. The molecule has 0 atom stereocenters. The number of amides is 2. The third kappa shape index (κ3) is 5.51. The van der Waals surface area contributed by atoms with E-state index in [0.29, 0.717) is 17.2 Å². The largest absolute Gasteiger partial charge is 0.355 e. The number of non-ortho nitro benzene ring substituents is 1. The van der Waals surface area contributed by atoms with E-state index in [4.69, 9.17) is 0 Å². The Balaban J connectivity index is 1.55. The van der Waals surface area contributed by atoms with Gasteiger partial charge in [0.1, 0.15) is 5.82 Å². The van der Waals surface area contributed by atoms with Crippen LogP contribution >= 0.6 is 0 Å². The van der Waals surface area contributed by atoms with Crippen LogP contribution in [0.3, 0.4) is 0 Å². The molecule has 0 unspecified atom stereocenters. The number of nitrogens with one attached hydrogen (secondary N) is 2. The van der Waals surface area contributed by atoms with E-state index in [1.807, 2.05) is 30.3 Å². The zero-order valence-electron chi connectivity index (χ0n) is 16.4. The van der Waals surface area contributed by atoms with Crippen LogP contribution in [0.1, 0.15) is 17.7 Å². The number of aryl methyl sites for hydroxylation is 1. The molecule has 30 heavy (non-hydrogen) atoms. The van der Waals surface area contributed by atoms with E-state index in [2.05, 4.69) is 15.7 Å². The van der Waals surface area contributed by atoms with E-state index in [1.54, 1.807) is 25.1 Å². The summed E-state index contributed by atoms with van der Waals surface area (Å²) in [5.41, 5.74) is 2.14. The number of carbonyl (C=O) groups excluding carboxylic acids is 2. The Morgan fingerprint density at radius 1 is 1.07 bits per heavy atom. The maximum atomic E-state index is 12.3. The van der Waals surface area contributed by atoms with Gasteiger partial charge in [0.05, 0.1) is 22.7 Å². The minimum absolute atomic E-state index is 0.0283. The number of benzene rings is 2. The second-order valence-corrected chi connectivity index (χ2v) is 6.67. The lowest BCUT2D eigenvalue weighted by Crippen LogP contribution is -2.29. The van der Waals surface area contributed by atoms with Gasteiger partial charge in [-0.3, -0.25) is 19.7 Å². The molecule has 0 aliphatic carbocycles. The molecule has 0 radical (unpaired) electrons. The standard InChI is InChI=1S/C21H21N5O4/c1-15-13-19(25(24-15)17-7-9-18(10-8-17)26(29)30)23-20(27)11-12-22-21(28)14-16-5-3-2-4-6-16/h2-10,13H,11-12,14H2,1H3,(H,22,28)(H,23,27). The van der Waals surface area contributed by atoms with Crippen molar-refractivity contribution in [1.29, 1.82) is 0 Å². The zero-order chi connectivity index (χ0) is 21.5. The molecule has 1 aromatic heterocycles. The summed E-state index contributed by atoms with van der Waals surface area (Å²) in [5.74, 6) is 0.0146. The lowest BCUT2D eigenvalue weighted by Gasteiger charge is -2.09. The van der Waals surface area contributed by atoms with Gasteiger partial charge in [0.25, 0.3) is 5.69 Å². The Morgan fingerprint density at radius 2 is 1.77 bits per heavy atom. The maximum absolute atomic E-state index is 12.3. The first-order valence-corrected chi connectivity index (χ1v) is 9.34. The smallest absolute Gasteiger partial charge is 0.269 e. The molecule has 2 N–H and O–H groups in total. The minimum Gasteiger partial charge on any atom is -0.355 e. The van der Waals surface area contributed by atoms with Crippen molar-refractivity contribution in [2.75, 3.05) is 11.9 Å². The van der Waals surface area contributed by atoms with Gasteiger partial charge in [-0.25, -0.2) is 4.68 Å². The first kappa shape index (κ1) is 20.7. The fraction of sp³-hybridized carbons (Fsp3) is 0.190. The lowest BCUT2D eigenvalue weighted by atomic mass is 10.1. The molecule has 3 rings (SSSR count). The van der Waals surface area contributed by atoms with Gasteiger partial charge in [-0.05, 0) is 24.6 Å². The zero-order valence-corrected chi connectivity index (χ0v) is 16.4. The van der Waals surface area contributed by atoms with Gasteiger partial charge < -0.3 is 10.6 Å². The van der Waals surface area contributed by atoms with Gasteiger partial charge in [0.15, 0.2) is 0 Å². The average molecular weight is 407 g/mol. The van der Waals surface area contributed by atoms with E-state index in [9.17, 15) is 19.7 Å². The number of rotatable bonds is 8. The Labute approximate surface area is 172 Å². The maximum Gasteiger partial charge on any atom is 0.269 e. The molecule has 9 heteroatoms. The molecule has 0 spiro atoms. The second kappa shape index (κ2) is 9.46. The number of hydrogen-bond acceptors (Lipinski definition) is 5. The summed E-state index contributed by atoms with van der Waals surface area (Å²) in [4.78, 5) is 34.6. The van der Waals surface area contributed by atoms with Crippen LogP contribution < -0.4 is 10.6 Å². The molecule has 0 saturated carbocycles. The number of aromatic nitrogens is 2. The summed E-state index contributed by atoms with van der Waals surface area (Å²) in [6.45, 7) is 1.99. The molecule has 9 nitrogen and oxygen atoms in total. The predicted octanol–water partition coefficient (Wildman–Crippen LogP) is 2.78. The van der Waals surface area contributed by atoms with Crippen LogP contribution in [0.2, 0.25) is 0 Å². The second-order valence-electron chi connectivity index (χ2n) is 6.67. The highest BCUT2D eigenvalue weighted by Crippen LogP contribution is 2.20. The molecule has 154 valence electrons. The van der Waals surface area contributed by atoms with E-state index in [1.165, 1.54) is 16.8 Å². The predicted molar refractivity (Wildman–Crippen MR) is 111 cm³/mol. The van der Waals surface area contributed by atoms with Crippen molar-refractivity contribution in [2.45, 2.75) is 19.8 Å². The van der Waals surface area contributed by atoms with Crippen LogP contribution in [-0.2, 0) is 16.0 Å². The monoisotopic (exact) mass is 407 g/mol. The van der Waals surface area contributed by atoms with E-state index >= 15 is 0 Å². The normalized spacial score (nSPS) is 10.4. The number of hydrogen-bond donors (Lipinski definition) is 2. The minimum atomic E-state index is -0.479. The van der Waals surface area contributed by atoms with Gasteiger partial charge in [-0.15, -0.1) is 0 Å². The molecular formula is C21H21N5O4. The summed E-state index contributed by atoms with van der Waals surface area (Å²) in [6.07, 6.45) is 0.361. The van der Waals surface area contributed by atoms with E-state index in [0.717, 1.165) is 5.56 Å². The van der Waals surface area contributed by atoms with Crippen molar-refractivity contribution in [2.24, 2.45) is 0 Å². The Bertz CT molecular complexity index is 1050. The first-order valence-electron chi connectivity index (χ1n) is 9.34. The van der Waals surface area contributed by atoms with Crippen molar-refractivity contribution in [3.63, 3.8) is 0 Å². The molecule has 0 saturated heterocycles. The van der Waals surface area contributed by atoms with Crippen LogP contribution in [-0.4, -0.2) is 33.1 Å². The Morgan fingerprint density at radius 3 is 2.43 bits per heavy atom. The first-order chi connectivity index (χ1) is 14.4. The highest BCUT2D eigenvalue weighted by atomic mass is 16.6. The van der Waals surface area contributed by atoms with E-state index in [-0.39, 0.29) is 36.9 Å². The van der Waals surface area contributed by atoms with Crippen molar-refractivity contribution < 1.29 is 14.5 Å². The number of nitro benzene ring substituents is 1. The van der Waals surface area contributed by atoms with Crippen LogP contribution in [0.15, 0.2) is 60.7 Å². The summed E-state index contributed by atoms with van der Waals surface area (Å²) in [6, 6.07) is 16.9. The highest BCUT2D eigenvalue weighted by molar-refractivity contribution is 5.90. The molecule has 0 aliphatic rings. The van der Waals surface area contributed by atoms with Gasteiger partial charge in [0, 0.05) is 31.2 Å². The quantitative estimate of drug-likeness (QED) is 0.440. The summed E-state index contributed by atoms with van der Waals surface area (Å²) >= 11 is 0. The average Bonchev–Trinajstić information content (AvgIpc) is 3.08. The number of carbonyl (C=O) groups is 2. The number of nitro groups is 1. The lowest BCUT2D eigenvalue weighted by molar-refractivity contribution is -0.384. The van der Waals surface area contributed by atoms with Gasteiger partial charge in [0.2, 0.25) is 11.8 Å². The molecular weight excluding hydrogens is 386 g/mol. The summed E-state index contributed by atoms with van der Waals surface area (Å²) in [7, 11) is 0. The van der Waals surface area contributed by atoms with Crippen LogP contribution in [0.25, 0.3) is 5.69 Å². The van der Waals surface area contributed by atoms with Crippen LogP contribution in [0.5, 0.6) is 0 Å². The van der Waals surface area contributed by atoms with Crippen molar-refractivity contribution in [3.8, 4) is 5.69 Å². The molecule has 0 fully saturated rings. The fourth-order valence-corrected chi connectivity index (χ4v) is 2.87. The van der Waals surface area contributed by atoms with Gasteiger partial charge in [-0.1, -0.05) is 30.3 Å². The summed E-state index contributed by atoms with van der Waals surface area (Å²) in [5, 5.41) is 20.6. The van der Waals surface area contributed by atoms with Gasteiger partial charge in [-0.2, -0.15) is 5.10 Å². The Hall–Kier alpha value is -4.01. The number of nitrogens with zero attached hydrogens (tertiary/aromatic N) is 3. The third-order valence-electron chi connectivity index (χ3n) is 4.29. The summed E-state index contributed by atoms with van der Waals surface area (Å²) < 4.78 is 1.50. The van der Waals surface area contributed by atoms with E-state index < -0.39 is 4.92 Å². The third-order valence-corrected chi connectivity index (χ3v) is 4.29. The molecule has 0 aliphatic heterocycles. The van der Waals surface area contributed by atoms with Gasteiger partial charge >= 0.3 is 0 Å². The van der Waals surface area contributed by atoms with Crippen molar-refractivity contribution in [1.82, 2.24) is 15.1 Å².